The molecule has 2 rings (SSSR count). The minimum Gasteiger partial charge on any atom is -0.481 e. The van der Waals surface area contributed by atoms with Crippen LogP contribution in [0.5, 0.6) is 0 Å². The molecule has 1 aromatic rings. The third kappa shape index (κ3) is 3.34. The number of nitrogens with zero attached hydrogens (tertiary/aromatic N) is 1. The number of alkyl halides is 3. The number of carbonyl (C=O) groups is 1. The van der Waals surface area contributed by atoms with Gasteiger partial charge in [0.05, 0.1) is 11.8 Å². The zero-order valence-corrected chi connectivity index (χ0v) is 11.3. The van der Waals surface area contributed by atoms with Crippen molar-refractivity contribution in [2.45, 2.75) is 19.6 Å². The Morgan fingerprint density at radius 2 is 2.05 bits per heavy atom. The van der Waals surface area contributed by atoms with Crippen molar-refractivity contribution in [1.82, 2.24) is 4.90 Å². The smallest absolute Gasteiger partial charge is 0.393 e. The highest BCUT2D eigenvalue weighted by Gasteiger charge is 2.52. The Balaban J connectivity index is 2.16. The number of aryl methyl sites for hydroxylation is 1. The molecule has 0 bridgehead atoms. The number of carboxylic acids is 1. The van der Waals surface area contributed by atoms with Gasteiger partial charge in [0.2, 0.25) is 0 Å². The second-order valence-electron chi connectivity index (χ2n) is 5.33. The molecule has 2 atom stereocenters. The largest absolute Gasteiger partial charge is 0.481 e. The Kier molecular flexibility index (Phi) is 4.22. The van der Waals surface area contributed by atoms with Crippen LogP contribution in [0.3, 0.4) is 0 Å². The molecule has 116 valence electrons. The van der Waals surface area contributed by atoms with Crippen molar-refractivity contribution in [1.29, 1.82) is 0 Å². The van der Waals surface area contributed by atoms with Crippen LogP contribution in [0.25, 0.3) is 0 Å². The molecule has 7 heteroatoms. The Morgan fingerprint density at radius 3 is 2.57 bits per heavy atom. The first kappa shape index (κ1) is 15.8. The summed E-state index contributed by atoms with van der Waals surface area (Å²) in [5.41, 5.74) is 0.691. The van der Waals surface area contributed by atoms with E-state index < -0.39 is 36.3 Å². The molecule has 0 saturated carbocycles. The first-order valence-corrected chi connectivity index (χ1v) is 6.46. The lowest BCUT2D eigenvalue weighted by Crippen LogP contribution is -2.33. The SMILES string of the molecule is Cc1cccc(CN2C[C@@H](C(F)(F)F)[C@H](C(=O)O)C2)c1F. The zero-order chi connectivity index (χ0) is 15.8. The van der Waals surface area contributed by atoms with Crippen LogP contribution >= 0.6 is 0 Å². The van der Waals surface area contributed by atoms with Gasteiger partial charge in [0.25, 0.3) is 0 Å². The normalized spacial score (nSPS) is 23.5. The molecular formula is C14H15F4NO2. The van der Waals surface area contributed by atoms with Gasteiger partial charge < -0.3 is 5.11 Å². The number of hydrogen-bond acceptors (Lipinski definition) is 2. The topological polar surface area (TPSA) is 40.5 Å². The summed E-state index contributed by atoms with van der Waals surface area (Å²) in [7, 11) is 0. The second kappa shape index (κ2) is 5.63. The summed E-state index contributed by atoms with van der Waals surface area (Å²) in [6.07, 6.45) is -4.57. The molecule has 1 saturated heterocycles. The Bertz CT molecular complexity index is 544. The van der Waals surface area contributed by atoms with E-state index in [-0.39, 0.29) is 18.7 Å². The van der Waals surface area contributed by atoms with E-state index in [1.165, 1.54) is 11.0 Å². The molecule has 1 aliphatic heterocycles. The number of halogens is 4. The van der Waals surface area contributed by atoms with E-state index in [2.05, 4.69) is 0 Å². The highest BCUT2D eigenvalue weighted by atomic mass is 19.4. The highest BCUT2D eigenvalue weighted by Crippen LogP contribution is 2.38. The first-order valence-electron chi connectivity index (χ1n) is 6.46. The summed E-state index contributed by atoms with van der Waals surface area (Å²) in [4.78, 5) is 12.3. The van der Waals surface area contributed by atoms with Crippen LogP contribution in [0.4, 0.5) is 17.6 Å². The number of aliphatic carboxylic acids is 1. The maximum absolute atomic E-state index is 13.9. The van der Waals surface area contributed by atoms with Crippen molar-refractivity contribution in [2.24, 2.45) is 11.8 Å². The lowest BCUT2D eigenvalue weighted by atomic mass is 9.96. The van der Waals surface area contributed by atoms with Gasteiger partial charge in [-0.25, -0.2) is 4.39 Å². The molecule has 1 heterocycles. The van der Waals surface area contributed by atoms with E-state index >= 15 is 0 Å². The van der Waals surface area contributed by atoms with Gasteiger partial charge in [-0.3, -0.25) is 9.69 Å². The summed E-state index contributed by atoms with van der Waals surface area (Å²) < 4.78 is 52.5. The number of rotatable bonds is 3. The maximum Gasteiger partial charge on any atom is 0.393 e. The summed E-state index contributed by atoms with van der Waals surface area (Å²) >= 11 is 0. The maximum atomic E-state index is 13.9. The average Bonchev–Trinajstić information content (AvgIpc) is 2.79. The van der Waals surface area contributed by atoms with Crippen LogP contribution in [-0.4, -0.2) is 35.2 Å². The van der Waals surface area contributed by atoms with Crippen LogP contribution in [0, 0.1) is 24.6 Å². The van der Waals surface area contributed by atoms with E-state index in [9.17, 15) is 22.4 Å². The van der Waals surface area contributed by atoms with Gasteiger partial charge >= 0.3 is 12.1 Å². The highest BCUT2D eigenvalue weighted by molar-refractivity contribution is 5.71. The molecule has 1 fully saturated rings. The molecule has 1 N–H and O–H groups in total. The van der Waals surface area contributed by atoms with Crippen molar-refractivity contribution in [3.05, 3.63) is 35.1 Å². The lowest BCUT2D eigenvalue weighted by Gasteiger charge is -2.18. The van der Waals surface area contributed by atoms with Gasteiger partial charge in [-0.1, -0.05) is 18.2 Å². The van der Waals surface area contributed by atoms with Crippen LogP contribution in [0.15, 0.2) is 18.2 Å². The fourth-order valence-electron chi connectivity index (χ4n) is 2.67. The van der Waals surface area contributed by atoms with Crippen LogP contribution in [0.2, 0.25) is 0 Å². The van der Waals surface area contributed by atoms with Crippen molar-refractivity contribution < 1.29 is 27.5 Å². The Hall–Kier alpha value is -1.63. The average molecular weight is 305 g/mol. The molecule has 0 radical (unpaired) electrons. The van der Waals surface area contributed by atoms with Gasteiger partial charge in [-0.2, -0.15) is 13.2 Å². The quantitative estimate of drug-likeness (QED) is 0.873. The monoisotopic (exact) mass is 305 g/mol. The van der Waals surface area contributed by atoms with Gasteiger partial charge in [0, 0.05) is 25.2 Å². The molecule has 21 heavy (non-hydrogen) atoms. The standard InChI is InChI=1S/C14H15F4NO2/c1-8-3-2-4-9(12(8)15)5-19-6-10(13(20)21)11(7-19)14(16,17)18/h2-4,10-11H,5-7H2,1H3,(H,20,21)/t10-,11-/m1/s1. The molecule has 0 amide bonds. The molecule has 0 aliphatic carbocycles. The third-order valence-corrected chi connectivity index (χ3v) is 3.80. The van der Waals surface area contributed by atoms with Gasteiger partial charge in [-0.05, 0) is 12.5 Å². The summed E-state index contributed by atoms with van der Waals surface area (Å²) in [6, 6.07) is 4.69. The Labute approximate surface area is 119 Å². The van der Waals surface area contributed by atoms with Gasteiger partial charge in [0.1, 0.15) is 5.82 Å². The molecular weight excluding hydrogens is 290 g/mol. The van der Waals surface area contributed by atoms with E-state index in [0.29, 0.717) is 5.56 Å². The predicted molar refractivity (Wildman–Crippen MR) is 67.1 cm³/mol. The van der Waals surface area contributed by atoms with Crippen molar-refractivity contribution >= 4 is 5.97 Å². The van der Waals surface area contributed by atoms with Crippen LogP contribution in [-0.2, 0) is 11.3 Å². The van der Waals surface area contributed by atoms with E-state index in [1.54, 1.807) is 19.1 Å². The van der Waals surface area contributed by atoms with Crippen LogP contribution < -0.4 is 0 Å². The summed E-state index contributed by atoms with van der Waals surface area (Å²) in [5, 5.41) is 8.93. The van der Waals surface area contributed by atoms with E-state index in [1.807, 2.05) is 0 Å². The van der Waals surface area contributed by atoms with Crippen molar-refractivity contribution in [3.8, 4) is 0 Å². The number of carboxylic acid groups (broad SMARTS) is 1. The fraction of sp³-hybridized carbons (Fsp3) is 0.500. The minimum atomic E-state index is -4.57. The summed E-state index contributed by atoms with van der Waals surface area (Å²) in [6.45, 7) is 0.895. The molecule has 1 aliphatic rings. The van der Waals surface area contributed by atoms with Gasteiger partial charge in [0.15, 0.2) is 0 Å². The second-order valence-corrected chi connectivity index (χ2v) is 5.33. The fourth-order valence-corrected chi connectivity index (χ4v) is 2.67. The third-order valence-electron chi connectivity index (χ3n) is 3.80. The van der Waals surface area contributed by atoms with Crippen molar-refractivity contribution in [3.63, 3.8) is 0 Å². The molecule has 0 aromatic heterocycles. The number of likely N-dealkylation sites (tertiary alicyclic amines) is 1. The lowest BCUT2D eigenvalue weighted by molar-refractivity contribution is -0.188. The number of benzene rings is 1. The predicted octanol–water partition coefficient (Wildman–Crippen LogP) is 2.83. The minimum absolute atomic E-state index is 0.0239. The molecule has 0 unspecified atom stereocenters. The first-order chi connectivity index (χ1) is 9.70. The summed E-state index contributed by atoms with van der Waals surface area (Å²) in [5.74, 6) is -5.34. The molecule has 0 spiro atoms. The Morgan fingerprint density at radius 1 is 1.38 bits per heavy atom. The van der Waals surface area contributed by atoms with Crippen LogP contribution in [0.1, 0.15) is 11.1 Å². The molecule has 1 aromatic carbocycles. The van der Waals surface area contributed by atoms with E-state index in [0.717, 1.165) is 0 Å². The van der Waals surface area contributed by atoms with Gasteiger partial charge in [-0.15, -0.1) is 0 Å². The van der Waals surface area contributed by atoms with E-state index in [4.69, 9.17) is 5.11 Å². The molecule has 3 nitrogen and oxygen atoms in total. The number of hydrogen-bond donors (Lipinski definition) is 1. The van der Waals surface area contributed by atoms with Crippen molar-refractivity contribution in [2.75, 3.05) is 13.1 Å². The zero-order valence-electron chi connectivity index (χ0n) is 11.3.